The molecule has 2 N–H and O–H groups in total. The summed E-state index contributed by atoms with van der Waals surface area (Å²) in [5, 5.41) is 9.84. The van der Waals surface area contributed by atoms with Gasteiger partial charge in [-0.3, -0.25) is 15.7 Å². The van der Waals surface area contributed by atoms with Gasteiger partial charge in [0.1, 0.15) is 10.9 Å². The fourth-order valence-electron chi connectivity index (χ4n) is 3.02. The number of halogens is 5. The lowest BCUT2D eigenvalue weighted by Crippen LogP contribution is -2.25. The second kappa shape index (κ2) is 10.9. The van der Waals surface area contributed by atoms with Crippen LogP contribution in [0.2, 0.25) is 5.15 Å². The summed E-state index contributed by atoms with van der Waals surface area (Å²) in [4.78, 5) is 8.41. The van der Waals surface area contributed by atoms with Gasteiger partial charge in [0, 0.05) is 5.88 Å². The van der Waals surface area contributed by atoms with Gasteiger partial charge in [-0.1, -0.05) is 47.5 Å². The van der Waals surface area contributed by atoms with E-state index in [-0.39, 0.29) is 33.9 Å². The topological polar surface area (TPSA) is 66.7 Å². The first kappa shape index (κ1) is 24.8. The molecule has 1 atom stereocenters. The predicted octanol–water partition coefficient (Wildman–Crippen LogP) is 6.43. The molecule has 5 nitrogen and oxygen atoms in total. The van der Waals surface area contributed by atoms with Gasteiger partial charge in [-0.15, -0.1) is 11.6 Å². The molecule has 0 aliphatic rings. The zero-order chi connectivity index (χ0) is 24.0. The van der Waals surface area contributed by atoms with E-state index in [0.29, 0.717) is 6.42 Å². The third-order valence-corrected chi connectivity index (χ3v) is 5.23. The van der Waals surface area contributed by atoms with Crippen LogP contribution >= 0.6 is 23.2 Å². The van der Waals surface area contributed by atoms with E-state index in [1.165, 1.54) is 24.4 Å². The molecule has 0 spiro atoms. The highest BCUT2D eigenvalue weighted by molar-refractivity contribution is 6.29. The SMILES string of the molecule is Cc1ccc(CC(CCl)N=C(NO)c2cc(Cl)ncc2Oc2cccc(C(F)(F)F)c2)cc1. The number of nitrogens with zero attached hydrogens (tertiary/aromatic N) is 2. The number of hydrogen-bond acceptors (Lipinski definition) is 4. The highest BCUT2D eigenvalue weighted by Gasteiger charge is 2.30. The molecule has 174 valence electrons. The fourth-order valence-corrected chi connectivity index (χ4v) is 3.35. The van der Waals surface area contributed by atoms with Gasteiger partial charge < -0.3 is 4.74 Å². The van der Waals surface area contributed by atoms with Crippen molar-refractivity contribution in [3.63, 3.8) is 0 Å². The van der Waals surface area contributed by atoms with Crippen molar-refractivity contribution in [2.45, 2.75) is 25.6 Å². The first-order valence-electron chi connectivity index (χ1n) is 9.80. The van der Waals surface area contributed by atoms with Gasteiger partial charge in [0.25, 0.3) is 0 Å². The normalized spacial score (nSPS) is 13.0. The van der Waals surface area contributed by atoms with E-state index in [0.717, 1.165) is 23.3 Å². The maximum absolute atomic E-state index is 13.0. The molecule has 0 amide bonds. The van der Waals surface area contributed by atoms with E-state index in [1.54, 1.807) is 0 Å². The molecule has 0 saturated heterocycles. The van der Waals surface area contributed by atoms with Crippen LogP contribution in [0.15, 0.2) is 65.8 Å². The third-order valence-electron chi connectivity index (χ3n) is 4.67. The van der Waals surface area contributed by atoms with Gasteiger partial charge in [0.05, 0.1) is 23.4 Å². The van der Waals surface area contributed by atoms with Crippen molar-refractivity contribution in [3.05, 3.63) is 88.2 Å². The van der Waals surface area contributed by atoms with Crippen LogP contribution < -0.4 is 10.2 Å². The quantitative estimate of drug-likeness (QED) is 0.130. The zero-order valence-electron chi connectivity index (χ0n) is 17.4. The summed E-state index contributed by atoms with van der Waals surface area (Å²) in [5.74, 6) is 0.115. The highest BCUT2D eigenvalue weighted by atomic mass is 35.5. The lowest BCUT2D eigenvalue weighted by atomic mass is 10.1. The van der Waals surface area contributed by atoms with Gasteiger partial charge in [0.2, 0.25) is 0 Å². The molecule has 2 aromatic carbocycles. The molecule has 3 aromatic rings. The molecule has 0 fully saturated rings. The zero-order valence-corrected chi connectivity index (χ0v) is 18.9. The number of aromatic nitrogens is 1. The summed E-state index contributed by atoms with van der Waals surface area (Å²) in [6, 6.07) is 13.2. The summed E-state index contributed by atoms with van der Waals surface area (Å²) in [6.45, 7) is 1.98. The Balaban J connectivity index is 1.93. The van der Waals surface area contributed by atoms with Crippen molar-refractivity contribution in [3.8, 4) is 11.5 Å². The molecule has 10 heteroatoms. The van der Waals surface area contributed by atoms with Crippen LogP contribution in [0, 0.1) is 6.92 Å². The maximum Gasteiger partial charge on any atom is 0.416 e. The Hall–Kier alpha value is -2.81. The minimum Gasteiger partial charge on any atom is -0.455 e. The van der Waals surface area contributed by atoms with E-state index in [9.17, 15) is 18.4 Å². The van der Waals surface area contributed by atoms with Crippen LogP contribution in [-0.2, 0) is 12.6 Å². The van der Waals surface area contributed by atoms with E-state index in [1.807, 2.05) is 36.7 Å². The minimum absolute atomic E-state index is 0.0148. The number of aryl methyl sites for hydroxylation is 1. The standard InChI is InChI=1S/C23H20Cl2F3N3O2/c1-14-5-7-15(8-6-14)9-17(12-24)30-22(31-32)19-11-21(25)29-13-20(19)33-18-4-2-3-16(10-18)23(26,27)28/h2-8,10-11,13,17,32H,9,12H2,1H3,(H,30,31). The largest absolute Gasteiger partial charge is 0.455 e. The Morgan fingerprint density at radius 1 is 1.18 bits per heavy atom. The second-order valence-electron chi connectivity index (χ2n) is 7.22. The van der Waals surface area contributed by atoms with Crippen molar-refractivity contribution in [1.29, 1.82) is 0 Å². The van der Waals surface area contributed by atoms with Gasteiger partial charge >= 0.3 is 6.18 Å². The average molecular weight is 498 g/mol. The Bertz CT molecular complexity index is 1120. The monoisotopic (exact) mass is 497 g/mol. The molecular formula is C23H20Cl2F3N3O2. The number of alkyl halides is 4. The van der Waals surface area contributed by atoms with Crippen molar-refractivity contribution < 1.29 is 23.1 Å². The number of nitrogens with one attached hydrogen (secondary N) is 1. The average Bonchev–Trinajstić information content (AvgIpc) is 2.79. The van der Waals surface area contributed by atoms with E-state index in [4.69, 9.17) is 27.9 Å². The van der Waals surface area contributed by atoms with E-state index in [2.05, 4.69) is 9.98 Å². The number of ether oxygens (including phenoxy) is 1. The highest BCUT2D eigenvalue weighted by Crippen LogP contribution is 2.33. The summed E-state index contributed by atoms with van der Waals surface area (Å²) in [5.41, 5.74) is 3.47. The Morgan fingerprint density at radius 2 is 1.91 bits per heavy atom. The number of hydroxylamine groups is 1. The van der Waals surface area contributed by atoms with Crippen LogP contribution in [0.5, 0.6) is 11.5 Å². The van der Waals surface area contributed by atoms with E-state index < -0.39 is 17.8 Å². The predicted molar refractivity (Wildman–Crippen MR) is 122 cm³/mol. The summed E-state index contributed by atoms with van der Waals surface area (Å²) < 4.78 is 44.8. The molecular weight excluding hydrogens is 478 g/mol. The van der Waals surface area contributed by atoms with Gasteiger partial charge in [-0.05, 0) is 43.2 Å². The van der Waals surface area contributed by atoms with Gasteiger partial charge in [0.15, 0.2) is 11.6 Å². The summed E-state index contributed by atoms with van der Waals surface area (Å²) in [6.07, 6.45) is -2.79. The fraction of sp³-hybridized carbons (Fsp3) is 0.217. The molecule has 1 unspecified atom stereocenters. The first-order valence-corrected chi connectivity index (χ1v) is 10.7. The van der Waals surface area contributed by atoms with Crippen molar-refractivity contribution in [2.24, 2.45) is 4.99 Å². The van der Waals surface area contributed by atoms with Crippen LogP contribution in [0.1, 0.15) is 22.3 Å². The third kappa shape index (κ3) is 6.83. The smallest absolute Gasteiger partial charge is 0.416 e. The number of rotatable bonds is 7. The molecule has 0 bridgehead atoms. The number of hydrogen-bond donors (Lipinski definition) is 2. The Labute approximate surface area is 198 Å². The molecule has 1 heterocycles. The molecule has 0 radical (unpaired) electrons. The number of amidine groups is 1. The van der Waals surface area contributed by atoms with Crippen LogP contribution in [-0.4, -0.2) is 27.9 Å². The van der Waals surface area contributed by atoms with Gasteiger partial charge in [-0.25, -0.2) is 4.98 Å². The minimum atomic E-state index is -4.52. The lowest BCUT2D eigenvalue weighted by molar-refractivity contribution is -0.137. The van der Waals surface area contributed by atoms with Crippen LogP contribution in [0.3, 0.4) is 0 Å². The van der Waals surface area contributed by atoms with Crippen LogP contribution in [0.4, 0.5) is 13.2 Å². The molecule has 3 rings (SSSR count). The number of pyridine rings is 1. The van der Waals surface area contributed by atoms with Crippen molar-refractivity contribution in [2.75, 3.05) is 5.88 Å². The molecule has 1 aromatic heterocycles. The van der Waals surface area contributed by atoms with E-state index >= 15 is 0 Å². The van der Waals surface area contributed by atoms with Crippen molar-refractivity contribution >= 4 is 29.0 Å². The lowest BCUT2D eigenvalue weighted by Gasteiger charge is -2.16. The molecule has 33 heavy (non-hydrogen) atoms. The number of aliphatic imine (C=N–C) groups is 1. The Kier molecular flexibility index (Phi) is 8.18. The molecule has 0 aliphatic carbocycles. The van der Waals surface area contributed by atoms with Crippen molar-refractivity contribution in [1.82, 2.24) is 10.5 Å². The van der Waals surface area contributed by atoms with Gasteiger partial charge in [-0.2, -0.15) is 13.2 Å². The second-order valence-corrected chi connectivity index (χ2v) is 7.91. The number of benzene rings is 2. The summed E-state index contributed by atoms with van der Waals surface area (Å²) in [7, 11) is 0. The summed E-state index contributed by atoms with van der Waals surface area (Å²) >= 11 is 12.1. The maximum atomic E-state index is 13.0. The molecule has 0 aliphatic heterocycles. The molecule has 0 saturated carbocycles. The van der Waals surface area contributed by atoms with Crippen LogP contribution in [0.25, 0.3) is 0 Å². The first-order chi connectivity index (χ1) is 15.7. The Morgan fingerprint density at radius 3 is 2.55 bits per heavy atom.